The van der Waals surface area contributed by atoms with E-state index in [1.807, 2.05) is 24.6 Å². The third-order valence-corrected chi connectivity index (χ3v) is 5.32. The van der Waals surface area contributed by atoms with Crippen molar-refractivity contribution < 1.29 is 4.74 Å². The molecule has 1 aliphatic heterocycles. The van der Waals surface area contributed by atoms with E-state index >= 15 is 0 Å². The molecule has 1 saturated heterocycles. The topological polar surface area (TPSA) is 76.4 Å². The zero-order valence-electron chi connectivity index (χ0n) is 15.4. The first-order chi connectivity index (χ1) is 12.1. The molecular weight excluding hydrogens is 316 g/mol. The summed E-state index contributed by atoms with van der Waals surface area (Å²) in [4.78, 5) is 4.70. The van der Waals surface area contributed by atoms with E-state index in [1.165, 1.54) is 25.7 Å². The number of ether oxygens (including phenoxy) is 1. The van der Waals surface area contributed by atoms with Crippen molar-refractivity contribution in [3.63, 3.8) is 0 Å². The van der Waals surface area contributed by atoms with Gasteiger partial charge in [0.15, 0.2) is 11.8 Å². The number of rotatable bonds is 5. The van der Waals surface area contributed by atoms with E-state index in [1.54, 1.807) is 0 Å². The van der Waals surface area contributed by atoms with E-state index in [2.05, 4.69) is 27.4 Å². The van der Waals surface area contributed by atoms with Gasteiger partial charge in [0, 0.05) is 26.2 Å². The van der Waals surface area contributed by atoms with Crippen LogP contribution in [0.25, 0.3) is 0 Å². The van der Waals surface area contributed by atoms with Crippen molar-refractivity contribution in [2.45, 2.75) is 63.6 Å². The Morgan fingerprint density at radius 3 is 2.92 bits per heavy atom. The summed E-state index contributed by atoms with van der Waals surface area (Å²) in [5.41, 5.74) is 0.0974. The highest BCUT2D eigenvalue weighted by Crippen LogP contribution is 2.39. The van der Waals surface area contributed by atoms with Gasteiger partial charge >= 0.3 is 0 Å². The SMILES string of the molecule is C=CCNC(=NCc1nnc(C)n1C)NC1CCOC2(CCCC2)C1. The van der Waals surface area contributed by atoms with Crippen LogP contribution in [0, 0.1) is 6.92 Å². The standard InChI is InChI=1S/C18H30N6O/c1-4-10-19-17(20-13-16-23-22-14(2)24(16)3)21-15-7-11-25-18(12-15)8-5-6-9-18/h4,15H,1,5-13H2,2-3H3,(H2,19,20,21). The van der Waals surface area contributed by atoms with Gasteiger partial charge in [-0.15, -0.1) is 16.8 Å². The van der Waals surface area contributed by atoms with Gasteiger partial charge < -0.3 is 19.9 Å². The zero-order valence-corrected chi connectivity index (χ0v) is 15.4. The number of nitrogens with zero attached hydrogens (tertiary/aromatic N) is 4. The van der Waals surface area contributed by atoms with Gasteiger partial charge in [-0.3, -0.25) is 0 Å². The Balaban J connectivity index is 1.64. The summed E-state index contributed by atoms with van der Waals surface area (Å²) in [5, 5.41) is 15.2. The summed E-state index contributed by atoms with van der Waals surface area (Å²) >= 11 is 0. The van der Waals surface area contributed by atoms with Gasteiger partial charge in [-0.2, -0.15) is 0 Å². The third-order valence-electron chi connectivity index (χ3n) is 5.32. The molecule has 7 heteroatoms. The average molecular weight is 346 g/mol. The van der Waals surface area contributed by atoms with Crippen LogP contribution < -0.4 is 10.6 Å². The smallest absolute Gasteiger partial charge is 0.192 e. The van der Waals surface area contributed by atoms with Gasteiger partial charge in [0.1, 0.15) is 12.4 Å². The number of hydrogen-bond donors (Lipinski definition) is 2. The Morgan fingerprint density at radius 2 is 2.24 bits per heavy atom. The number of guanidine groups is 1. The van der Waals surface area contributed by atoms with E-state index in [9.17, 15) is 0 Å². The molecule has 1 aliphatic carbocycles. The number of aromatic nitrogens is 3. The molecule has 2 fully saturated rings. The fraction of sp³-hybridized carbons (Fsp3) is 0.722. The second-order valence-corrected chi connectivity index (χ2v) is 7.13. The third kappa shape index (κ3) is 4.39. The summed E-state index contributed by atoms with van der Waals surface area (Å²) < 4.78 is 8.10. The molecule has 0 bridgehead atoms. The van der Waals surface area contributed by atoms with Gasteiger partial charge in [-0.1, -0.05) is 18.9 Å². The maximum Gasteiger partial charge on any atom is 0.192 e. The first-order valence-corrected chi connectivity index (χ1v) is 9.26. The van der Waals surface area contributed by atoms with Crippen LogP contribution >= 0.6 is 0 Å². The van der Waals surface area contributed by atoms with Crippen LogP contribution in [0.5, 0.6) is 0 Å². The molecule has 138 valence electrons. The molecule has 1 aromatic rings. The number of nitrogens with one attached hydrogen (secondary N) is 2. The summed E-state index contributed by atoms with van der Waals surface area (Å²) in [6.07, 6.45) is 8.87. The van der Waals surface area contributed by atoms with Gasteiger partial charge in [-0.25, -0.2) is 4.99 Å². The minimum Gasteiger partial charge on any atom is -0.375 e. The van der Waals surface area contributed by atoms with Crippen LogP contribution in [0.4, 0.5) is 0 Å². The van der Waals surface area contributed by atoms with E-state index in [4.69, 9.17) is 9.73 Å². The molecule has 2 N–H and O–H groups in total. The van der Waals surface area contributed by atoms with Crippen LogP contribution in [-0.2, 0) is 18.3 Å². The zero-order chi connectivity index (χ0) is 17.7. The minimum atomic E-state index is 0.0974. The molecule has 0 aromatic carbocycles. The molecule has 1 unspecified atom stereocenters. The monoisotopic (exact) mass is 346 g/mol. The van der Waals surface area contributed by atoms with Crippen molar-refractivity contribution >= 4 is 5.96 Å². The lowest BCUT2D eigenvalue weighted by atomic mass is 9.89. The van der Waals surface area contributed by atoms with Gasteiger partial charge in [0.05, 0.1) is 5.60 Å². The minimum absolute atomic E-state index is 0.0974. The van der Waals surface area contributed by atoms with E-state index in [-0.39, 0.29) is 5.60 Å². The van der Waals surface area contributed by atoms with Crippen LogP contribution in [0.3, 0.4) is 0 Å². The first-order valence-electron chi connectivity index (χ1n) is 9.26. The van der Waals surface area contributed by atoms with E-state index in [0.29, 0.717) is 19.1 Å². The number of hydrogen-bond acceptors (Lipinski definition) is 4. The van der Waals surface area contributed by atoms with Crippen LogP contribution in [0.15, 0.2) is 17.6 Å². The Kier molecular flexibility index (Phi) is 5.73. The molecule has 1 atom stereocenters. The van der Waals surface area contributed by atoms with Gasteiger partial charge in [-0.05, 0) is 32.6 Å². The molecule has 2 aliphatic rings. The predicted molar refractivity (Wildman–Crippen MR) is 98.4 cm³/mol. The molecule has 1 saturated carbocycles. The molecule has 0 radical (unpaired) electrons. The lowest BCUT2D eigenvalue weighted by molar-refractivity contribution is -0.0815. The highest BCUT2D eigenvalue weighted by Gasteiger charge is 2.40. The van der Waals surface area contributed by atoms with Crippen LogP contribution in [-0.4, -0.2) is 45.5 Å². The summed E-state index contributed by atoms with van der Waals surface area (Å²) in [6.45, 7) is 7.73. The maximum absolute atomic E-state index is 6.13. The largest absolute Gasteiger partial charge is 0.375 e. The summed E-state index contributed by atoms with van der Waals surface area (Å²) in [6, 6.07) is 0.393. The van der Waals surface area contributed by atoms with Crippen molar-refractivity contribution in [2.24, 2.45) is 12.0 Å². The molecule has 7 nitrogen and oxygen atoms in total. The molecule has 0 amide bonds. The highest BCUT2D eigenvalue weighted by atomic mass is 16.5. The van der Waals surface area contributed by atoms with E-state index < -0.39 is 0 Å². The molecule has 1 aromatic heterocycles. The van der Waals surface area contributed by atoms with Crippen molar-refractivity contribution in [3.05, 3.63) is 24.3 Å². The molecular formula is C18H30N6O. The Morgan fingerprint density at radius 1 is 1.44 bits per heavy atom. The molecule has 1 spiro atoms. The maximum atomic E-state index is 6.13. The molecule has 25 heavy (non-hydrogen) atoms. The number of aliphatic imine (C=N–C) groups is 1. The highest BCUT2D eigenvalue weighted by molar-refractivity contribution is 5.80. The number of aryl methyl sites for hydroxylation is 1. The van der Waals surface area contributed by atoms with Gasteiger partial charge in [0.2, 0.25) is 0 Å². The van der Waals surface area contributed by atoms with Gasteiger partial charge in [0.25, 0.3) is 0 Å². The first kappa shape index (κ1) is 17.9. The Hall–Kier alpha value is -1.89. The normalized spacial score (nSPS) is 23.0. The van der Waals surface area contributed by atoms with Crippen LogP contribution in [0.2, 0.25) is 0 Å². The Bertz CT molecular complexity index is 617. The summed E-state index contributed by atoms with van der Waals surface area (Å²) in [7, 11) is 1.97. The predicted octanol–water partition coefficient (Wildman–Crippen LogP) is 1.84. The second kappa shape index (κ2) is 7.99. The van der Waals surface area contributed by atoms with Crippen molar-refractivity contribution in [2.75, 3.05) is 13.2 Å². The molecule has 3 rings (SSSR count). The van der Waals surface area contributed by atoms with Crippen molar-refractivity contribution in [3.8, 4) is 0 Å². The summed E-state index contributed by atoms with van der Waals surface area (Å²) in [5.74, 6) is 2.56. The Labute approximate surface area is 150 Å². The fourth-order valence-corrected chi connectivity index (χ4v) is 3.77. The van der Waals surface area contributed by atoms with Crippen LogP contribution in [0.1, 0.15) is 50.2 Å². The quantitative estimate of drug-likeness (QED) is 0.483. The van der Waals surface area contributed by atoms with E-state index in [0.717, 1.165) is 37.1 Å². The fourth-order valence-electron chi connectivity index (χ4n) is 3.77. The van der Waals surface area contributed by atoms with Crippen molar-refractivity contribution in [1.29, 1.82) is 0 Å². The lowest BCUT2D eigenvalue weighted by Crippen LogP contribution is -2.50. The average Bonchev–Trinajstić information content (AvgIpc) is 3.18. The second-order valence-electron chi connectivity index (χ2n) is 7.13. The molecule has 2 heterocycles. The lowest BCUT2D eigenvalue weighted by Gasteiger charge is -2.39. The van der Waals surface area contributed by atoms with Crippen molar-refractivity contribution in [1.82, 2.24) is 25.4 Å².